The van der Waals surface area contributed by atoms with E-state index in [0.717, 1.165) is 39.3 Å². The number of carbonyl (C=O) groups is 1. The van der Waals surface area contributed by atoms with Gasteiger partial charge in [-0.15, -0.1) is 0 Å². The number of aliphatic imine (C=N–C) groups is 1. The van der Waals surface area contributed by atoms with Crippen LogP contribution in [0.3, 0.4) is 0 Å². The van der Waals surface area contributed by atoms with E-state index in [1.165, 1.54) is 24.1 Å². The number of amides is 1. The Morgan fingerprint density at radius 1 is 1.28 bits per heavy atom. The second kappa shape index (κ2) is 12.2. The first-order valence-electron chi connectivity index (χ1n) is 9.84. The van der Waals surface area contributed by atoms with Crippen molar-refractivity contribution >= 4 is 11.9 Å². The molecule has 1 aliphatic heterocycles. The fourth-order valence-corrected chi connectivity index (χ4v) is 2.83. The summed E-state index contributed by atoms with van der Waals surface area (Å²) < 4.78 is 24.1. The van der Waals surface area contributed by atoms with Gasteiger partial charge in [0, 0.05) is 39.8 Å². The van der Waals surface area contributed by atoms with Crippen LogP contribution in [0, 0.1) is 5.82 Å². The van der Waals surface area contributed by atoms with E-state index in [-0.39, 0.29) is 24.8 Å². The Morgan fingerprint density at radius 2 is 2.03 bits per heavy atom. The summed E-state index contributed by atoms with van der Waals surface area (Å²) in [5, 5.41) is 6.29. The molecule has 0 aromatic heterocycles. The highest BCUT2D eigenvalue weighted by molar-refractivity contribution is 5.86. The van der Waals surface area contributed by atoms with Gasteiger partial charge < -0.3 is 25.0 Å². The second-order valence-electron chi connectivity index (χ2n) is 7.04. The van der Waals surface area contributed by atoms with Crippen LogP contribution in [-0.4, -0.2) is 88.8 Å². The van der Waals surface area contributed by atoms with Crippen molar-refractivity contribution in [1.29, 1.82) is 0 Å². The number of guanidine groups is 1. The van der Waals surface area contributed by atoms with Crippen LogP contribution in [0.5, 0.6) is 5.75 Å². The summed E-state index contributed by atoms with van der Waals surface area (Å²) in [5.74, 6) is 0.543. The quantitative estimate of drug-likeness (QED) is 0.355. The molecule has 0 spiro atoms. The van der Waals surface area contributed by atoms with Crippen LogP contribution in [0.15, 0.2) is 23.2 Å². The predicted octanol–water partition coefficient (Wildman–Crippen LogP) is 0.680. The number of halogens is 1. The maximum Gasteiger partial charge on any atom is 0.241 e. The van der Waals surface area contributed by atoms with Gasteiger partial charge in [-0.1, -0.05) is 0 Å². The molecule has 0 aliphatic carbocycles. The normalized spacial score (nSPS) is 15.1. The molecule has 2 rings (SSSR count). The molecule has 1 aliphatic rings. The summed E-state index contributed by atoms with van der Waals surface area (Å²) >= 11 is 0. The lowest BCUT2D eigenvalue weighted by Crippen LogP contribution is -2.44. The van der Waals surface area contributed by atoms with Crippen LogP contribution in [0.4, 0.5) is 4.39 Å². The molecule has 1 aromatic rings. The van der Waals surface area contributed by atoms with Gasteiger partial charge in [0.1, 0.15) is 11.6 Å². The van der Waals surface area contributed by atoms with Gasteiger partial charge in [0.05, 0.1) is 33.4 Å². The van der Waals surface area contributed by atoms with Crippen molar-refractivity contribution < 1.29 is 18.7 Å². The van der Waals surface area contributed by atoms with E-state index < -0.39 is 0 Å². The Kier molecular flexibility index (Phi) is 9.66. The van der Waals surface area contributed by atoms with Crippen molar-refractivity contribution in [2.24, 2.45) is 4.99 Å². The number of hydrogen-bond donors (Lipinski definition) is 2. The Labute approximate surface area is 172 Å². The fourth-order valence-electron chi connectivity index (χ4n) is 2.83. The third-order valence-electron chi connectivity index (χ3n) is 4.54. The molecule has 1 saturated heterocycles. The smallest absolute Gasteiger partial charge is 0.241 e. The number of benzene rings is 1. The number of carbonyl (C=O) groups excluding carboxylic acids is 1. The Hall–Kier alpha value is -2.39. The van der Waals surface area contributed by atoms with Crippen LogP contribution in [0.25, 0.3) is 0 Å². The summed E-state index contributed by atoms with van der Waals surface area (Å²) in [7, 11) is 4.91. The standard InChI is InChI=1S/C20H32FN5O3/c1-25(2)19(27)15-24-20(22-5-4-6-26-7-9-29-10-8-26)23-14-16-11-17(21)13-18(12-16)28-3/h11-13H,4-10,14-15H2,1-3H3,(H2,22,23,24). The minimum absolute atomic E-state index is 0.0553. The number of nitrogens with one attached hydrogen (secondary N) is 2. The van der Waals surface area contributed by atoms with Gasteiger partial charge in [-0.05, 0) is 30.7 Å². The first kappa shape index (κ1) is 22.9. The van der Waals surface area contributed by atoms with Gasteiger partial charge in [-0.25, -0.2) is 9.38 Å². The number of nitrogens with zero attached hydrogens (tertiary/aromatic N) is 3. The van der Waals surface area contributed by atoms with Crippen molar-refractivity contribution in [2.45, 2.75) is 13.0 Å². The lowest BCUT2D eigenvalue weighted by atomic mass is 10.2. The van der Waals surface area contributed by atoms with E-state index >= 15 is 0 Å². The zero-order valence-corrected chi connectivity index (χ0v) is 17.5. The van der Waals surface area contributed by atoms with Crippen molar-refractivity contribution in [1.82, 2.24) is 20.4 Å². The highest BCUT2D eigenvalue weighted by Crippen LogP contribution is 2.16. The summed E-state index contributed by atoms with van der Waals surface area (Å²) in [6, 6.07) is 4.49. The molecule has 29 heavy (non-hydrogen) atoms. The molecule has 2 N–H and O–H groups in total. The van der Waals surface area contributed by atoms with E-state index in [1.54, 1.807) is 20.2 Å². The van der Waals surface area contributed by atoms with E-state index in [2.05, 4.69) is 20.5 Å². The average molecular weight is 410 g/mol. The second-order valence-corrected chi connectivity index (χ2v) is 7.04. The van der Waals surface area contributed by atoms with Crippen LogP contribution < -0.4 is 15.4 Å². The number of rotatable bonds is 9. The molecule has 1 fully saturated rings. The number of methoxy groups -OCH3 is 1. The highest BCUT2D eigenvalue weighted by atomic mass is 19.1. The van der Waals surface area contributed by atoms with Crippen LogP contribution in [-0.2, 0) is 16.1 Å². The van der Waals surface area contributed by atoms with Crippen molar-refractivity contribution in [3.63, 3.8) is 0 Å². The monoisotopic (exact) mass is 409 g/mol. The van der Waals surface area contributed by atoms with Gasteiger partial charge in [0.25, 0.3) is 0 Å². The molecule has 9 heteroatoms. The molecule has 0 unspecified atom stereocenters. The van der Waals surface area contributed by atoms with Crippen LogP contribution >= 0.6 is 0 Å². The van der Waals surface area contributed by atoms with Gasteiger partial charge in [0.2, 0.25) is 5.91 Å². The summed E-state index contributed by atoms with van der Waals surface area (Å²) in [6.07, 6.45) is 0.941. The van der Waals surface area contributed by atoms with E-state index in [4.69, 9.17) is 9.47 Å². The molecule has 1 aromatic carbocycles. The first-order chi connectivity index (χ1) is 14.0. The molecule has 8 nitrogen and oxygen atoms in total. The van der Waals surface area contributed by atoms with E-state index in [0.29, 0.717) is 23.8 Å². The number of likely N-dealkylation sites (N-methyl/N-ethyl adjacent to an activating group) is 1. The summed E-state index contributed by atoms with van der Waals surface area (Å²) in [4.78, 5) is 20.3. The molecule has 1 amide bonds. The van der Waals surface area contributed by atoms with E-state index in [1.807, 2.05) is 0 Å². The molecule has 1 heterocycles. The molecule has 0 radical (unpaired) electrons. The predicted molar refractivity (Wildman–Crippen MR) is 111 cm³/mol. The minimum atomic E-state index is -0.370. The third kappa shape index (κ3) is 8.66. The van der Waals surface area contributed by atoms with Crippen LogP contribution in [0.2, 0.25) is 0 Å². The van der Waals surface area contributed by atoms with Crippen molar-refractivity contribution in [2.75, 3.05) is 67.1 Å². The molecular formula is C20H32FN5O3. The minimum Gasteiger partial charge on any atom is -0.497 e. The van der Waals surface area contributed by atoms with Gasteiger partial charge in [-0.3, -0.25) is 9.69 Å². The molecule has 0 bridgehead atoms. The number of morpholine rings is 1. The van der Waals surface area contributed by atoms with Crippen molar-refractivity contribution in [3.8, 4) is 5.75 Å². The molecule has 162 valence electrons. The van der Waals surface area contributed by atoms with Crippen molar-refractivity contribution in [3.05, 3.63) is 29.6 Å². The largest absolute Gasteiger partial charge is 0.497 e. The lowest BCUT2D eigenvalue weighted by Gasteiger charge is -2.26. The Morgan fingerprint density at radius 3 is 2.72 bits per heavy atom. The highest BCUT2D eigenvalue weighted by Gasteiger charge is 2.10. The summed E-state index contributed by atoms with van der Waals surface area (Å²) in [5.41, 5.74) is 0.690. The zero-order valence-electron chi connectivity index (χ0n) is 17.5. The van der Waals surface area contributed by atoms with Gasteiger partial charge >= 0.3 is 0 Å². The molecule has 0 atom stereocenters. The number of hydrogen-bond acceptors (Lipinski definition) is 5. The first-order valence-corrected chi connectivity index (χ1v) is 9.84. The fraction of sp³-hybridized carbons (Fsp3) is 0.600. The maximum absolute atomic E-state index is 13.7. The van der Waals surface area contributed by atoms with Crippen LogP contribution in [0.1, 0.15) is 12.0 Å². The third-order valence-corrected chi connectivity index (χ3v) is 4.54. The lowest BCUT2D eigenvalue weighted by molar-refractivity contribution is -0.127. The Bertz CT molecular complexity index is 678. The average Bonchev–Trinajstić information content (AvgIpc) is 2.72. The van der Waals surface area contributed by atoms with Gasteiger partial charge in [0.15, 0.2) is 5.96 Å². The summed E-state index contributed by atoms with van der Waals surface area (Å²) in [6.45, 7) is 5.57. The zero-order chi connectivity index (χ0) is 21.1. The van der Waals surface area contributed by atoms with E-state index in [9.17, 15) is 9.18 Å². The molecule has 0 saturated carbocycles. The SMILES string of the molecule is COc1cc(F)cc(CN=C(NCCCN2CCOCC2)NCC(=O)N(C)C)c1. The number of ether oxygens (including phenoxy) is 2. The maximum atomic E-state index is 13.7. The Balaban J connectivity index is 1.91. The van der Waals surface area contributed by atoms with Gasteiger partial charge in [-0.2, -0.15) is 0 Å². The molecular weight excluding hydrogens is 377 g/mol. The topological polar surface area (TPSA) is 78.4 Å².